The molecule has 0 aliphatic carbocycles. The Bertz CT molecular complexity index is 2430. The maximum absolute atomic E-state index is 6.23. The predicted octanol–water partition coefficient (Wildman–Crippen LogP) is 14.5. The summed E-state index contributed by atoms with van der Waals surface area (Å²) in [4.78, 5) is 11.3. The third-order valence-electron chi connectivity index (χ3n) is 8.24. The van der Waals surface area contributed by atoms with E-state index in [-0.39, 0.29) is 0 Å². The van der Waals surface area contributed by atoms with Crippen molar-refractivity contribution < 1.29 is 9.47 Å². The first kappa shape index (κ1) is 41.9. The largest absolute Gasteiger partial charge is 0.454 e. The van der Waals surface area contributed by atoms with E-state index in [9.17, 15) is 0 Å². The first-order valence-electron chi connectivity index (χ1n) is 17.8. The average molecular weight is 877 g/mol. The molecule has 0 atom stereocenters. The molecule has 0 unspecified atom stereocenters. The zero-order valence-electron chi connectivity index (χ0n) is 31.3. The molecule has 6 aromatic carbocycles. The number of hydrogen-bond donors (Lipinski definition) is 4. The molecule has 8 nitrogen and oxygen atoms in total. The summed E-state index contributed by atoms with van der Waals surface area (Å²) in [6.07, 6.45) is 0. The number of aliphatic imine (C=N–C) groups is 2. The second-order valence-corrected chi connectivity index (χ2v) is 15.5. The van der Waals surface area contributed by atoms with Crippen molar-refractivity contribution in [3.63, 3.8) is 0 Å². The molecule has 14 heteroatoms. The summed E-state index contributed by atoms with van der Waals surface area (Å²) in [7, 11) is 0. The van der Waals surface area contributed by atoms with Gasteiger partial charge in [0.1, 0.15) is 17.2 Å². The lowest BCUT2D eigenvalue weighted by atomic mass is 10.1. The third-order valence-corrected chi connectivity index (χ3v) is 11.1. The molecule has 57 heavy (non-hydrogen) atoms. The Hall–Kier alpha value is -4.68. The number of nitrogens with zero attached hydrogens (tertiary/aromatic N) is 2. The van der Waals surface area contributed by atoms with Gasteiger partial charge in [-0.1, -0.05) is 109 Å². The Morgan fingerprint density at radius 3 is 1.95 bits per heavy atom. The molecule has 0 spiro atoms. The molecule has 2 aliphatic rings. The standard InChI is InChI=1S/C21H18ClN3OS.C20H14Cl3N3OS.C2H6/c1-13-10-11-15(12-14(13)2)23-21-24-20-18(8-5-9-19(20)27-25-21)26-17-7-4-3-6-16(17)22;21-13-9-8-12(15(23)10-13)11-24-20-25-19-17(6-3-7-18(19)28-26-20)27-16-5-2-1-4-14(16)22;1-2/h3-12H,1-2H3,(H2,23,24,25);1-10H,11H2,(H2,24,25,26);1-2H3. The molecule has 0 aromatic heterocycles. The quantitative estimate of drug-likeness (QED) is 0.118. The molecule has 6 aromatic rings. The molecular weight excluding hydrogens is 838 g/mol. The smallest absolute Gasteiger partial charge is 0.211 e. The molecule has 292 valence electrons. The molecule has 0 fully saturated rings. The predicted molar refractivity (Wildman–Crippen MR) is 243 cm³/mol. The second-order valence-electron chi connectivity index (χ2n) is 12.1. The topological polar surface area (TPSA) is 91.3 Å². The maximum atomic E-state index is 6.23. The number of benzene rings is 6. The average Bonchev–Trinajstić information content (AvgIpc) is 3.22. The molecule has 0 saturated heterocycles. The van der Waals surface area contributed by atoms with Crippen LogP contribution in [0.3, 0.4) is 0 Å². The second kappa shape index (κ2) is 20.1. The number of nitrogens with one attached hydrogen (secondary N) is 4. The van der Waals surface area contributed by atoms with Crippen LogP contribution in [0, 0.1) is 13.8 Å². The lowest BCUT2D eigenvalue weighted by molar-refractivity contribution is 0.483. The van der Waals surface area contributed by atoms with Gasteiger partial charge < -0.3 is 20.1 Å². The van der Waals surface area contributed by atoms with E-state index in [1.807, 2.05) is 98.8 Å². The Morgan fingerprint density at radius 2 is 1.26 bits per heavy atom. The van der Waals surface area contributed by atoms with Gasteiger partial charge in [0.25, 0.3) is 0 Å². The number of fused-ring (bicyclic) bond motifs is 2. The van der Waals surface area contributed by atoms with E-state index < -0.39 is 0 Å². The van der Waals surface area contributed by atoms with Crippen LogP contribution in [-0.4, -0.2) is 11.9 Å². The number of guanidine groups is 2. The summed E-state index contributed by atoms with van der Waals surface area (Å²) in [5.74, 6) is 3.79. The van der Waals surface area contributed by atoms with Gasteiger partial charge in [0.2, 0.25) is 11.9 Å². The highest BCUT2D eigenvalue weighted by atomic mass is 35.5. The van der Waals surface area contributed by atoms with Crippen LogP contribution in [0.4, 0.5) is 17.1 Å². The van der Waals surface area contributed by atoms with Gasteiger partial charge in [0.05, 0.1) is 32.1 Å². The summed E-state index contributed by atoms with van der Waals surface area (Å²) < 4.78 is 18.5. The van der Waals surface area contributed by atoms with Crippen LogP contribution in [0.2, 0.25) is 20.1 Å². The number of hydrogen-bond acceptors (Lipinski definition) is 8. The Balaban J connectivity index is 0.000000185. The lowest BCUT2D eigenvalue weighted by Gasteiger charge is -2.23. The van der Waals surface area contributed by atoms with Gasteiger partial charge in [0.15, 0.2) is 11.5 Å². The minimum atomic E-state index is 0.411. The van der Waals surface area contributed by atoms with Crippen molar-refractivity contribution in [2.24, 2.45) is 9.98 Å². The van der Waals surface area contributed by atoms with Crippen molar-refractivity contribution in [1.82, 2.24) is 9.44 Å². The van der Waals surface area contributed by atoms with Crippen molar-refractivity contribution in [2.75, 3.05) is 10.6 Å². The number of aryl methyl sites for hydroxylation is 2. The Morgan fingerprint density at radius 1 is 0.632 bits per heavy atom. The normalized spacial score (nSPS) is 13.1. The van der Waals surface area contributed by atoms with Crippen LogP contribution in [0.5, 0.6) is 23.0 Å². The number of halogens is 4. The highest BCUT2D eigenvalue weighted by Crippen LogP contribution is 2.43. The fourth-order valence-corrected chi connectivity index (χ4v) is 7.49. The Kier molecular flexibility index (Phi) is 14.8. The fraction of sp³-hybridized carbons (Fsp3) is 0.116. The van der Waals surface area contributed by atoms with Gasteiger partial charge in [-0.15, -0.1) is 0 Å². The van der Waals surface area contributed by atoms with E-state index >= 15 is 0 Å². The van der Waals surface area contributed by atoms with Crippen molar-refractivity contribution in [3.8, 4) is 23.0 Å². The monoisotopic (exact) mass is 874 g/mol. The number of para-hydroxylation sites is 4. The highest BCUT2D eigenvalue weighted by molar-refractivity contribution is 7.98. The van der Waals surface area contributed by atoms with Crippen LogP contribution in [0.25, 0.3) is 0 Å². The third kappa shape index (κ3) is 11.0. The zero-order valence-corrected chi connectivity index (χ0v) is 36.0. The van der Waals surface area contributed by atoms with E-state index in [0.29, 0.717) is 61.6 Å². The van der Waals surface area contributed by atoms with Crippen LogP contribution < -0.4 is 29.6 Å². The first-order valence-corrected chi connectivity index (χ1v) is 21.0. The van der Waals surface area contributed by atoms with Gasteiger partial charge >= 0.3 is 0 Å². The van der Waals surface area contributed by atoms with E-state index in [2.05, 4.69) is 51.1 Å². The van der Waals surface area contributed by atoms with Crippen molar-refractivity contribution in [1.29, 1.82) is 0 Å². The van der Waals surface area contributed by atoms with Gasteiger partial charge in [-0.3, -0.25) is 9.44 Å². The molecular formula is C43H38Cl4N6O2S2. The highest BCUT2D eigenvalue weighted by Gasteiger charge is 2.20. The van der Waals surface area contributed by atoms with Crippen LogP contribution >= 0.6 is 70.3 Å². The Labute approximate surface area is 361 Å². The summed E-state index contributed by atoms with van der Waals surface area (Å²) in [5, 5.41) is 8.91. The summed E-state index contributed by atoms with van der Waals surface area (Å²) in [6.45, 7) is 8.60. The summed E-state index contributed by atoms with van der Waals surface area (Å²) in [6, 6.07) is 38.0. The van der Waals surface area contributed by atoms with Gasteiger partial charge in [-0.05, 0) is 127 Å². The van der Waals surface area contributed by atoms with Crippen LogP contribution in [-0.2, 0) is 6.54 Å². The molecule has 4 N–H and O–H groups in total. The maximum Gasteiger partial charge on any atom is 0.211 e. The first-order chi connectivity index (χ1) is 27.7. The molecule has 0 amide bonds. The van der Waals surface area contributed by atoms with Crippen molar-refractivity contribution in [2.45, 2.75) is 44.0 Å². The van der Waals surface area contributed by atoms with Gasteiger partial charge in [-0.2, -0.15) is 0 Å². The molecule has 0 radical (unpaired) electrons. The number of rotatable bonds is 7. The van der Waals surface area contributed by atoms with E-state index in [0.717, 1.165) is 32.4 Å². The van der Waals surface area contributed by atoms with Gasteiger partial charge in [0, 0.05) is 15.7 Å². The lowest BCUT2D eigenvalue weighted by Crippen LogP contribution is -2.29. The molecule has 0 saturated carbocycles. The van der Waals surface area contributed by atoms with Crippen molar-refractivity contribution in [3.05, 3.63) is 158 Å². The molecule has 8 rings (SSSR count). The summed E-state index contributed by atoms with van der Waals surface area (Å²) in [5.41, 5.74) is 5.96. The zero-order chi connectivity index (χ0) is 40.3. The number of ether oxygens (including phenoxy) is 2. The minimum absolute atomic E-state index is 0.411. The fourth-order valence-electron chi connectivity index (χ4n) is 5.25. The molecule has 2 aliphatic heterocycles. The van der Waals surface area contributed by atoms with Crippen LogP contribution in [0.15, 0.2) is 141 Å². The SMILES string of the molecule is CC.Cc1ccc(NC2=Nc3c(Oc4ccccc4Cl)cccc3SN2)cc1C.Clc1ccc(CN=C2NSc3cccc(Oc4ccccc4Cl)c3N2)c(Cl)c1. The molecule has 0 bridgehead atoms. The van der Waals surface area contributed by atoms with Gasteiger partial charge in [-0.25, -0.2) is 9.98 Å². The van der Waals surface area contributed by atoms with Crippen LogP contribution in [0.1, 0.15) is 30.5 Å². The molecule has 2 heterocycles. The minimum Gasteiger partial charge on any atom is -0.454 e. The number of anilines is 2. The van der Waals surface area contributed by atoms with E-state index in [1.165, 1.54) is 35.0 Å². The van der Waals surface area contributed by atoms with E-state index in [4.69, 9.17) is 60.9 Å². The van der Waals surface area contributed by atoms with E-state index in [1.54, 1.807) is 24.3 Å². The van der Waals surface area contributed by atoms with Crippen molar-refractivity contribution >= 4 is 99.3 Å². The summed E-state index contributed by atoms with van der Waals surface area (Å²) >= 11 is 27.6.